The van der Waals surface area contributed by atoms with Crippen molar-refractivity contribution in [1.82, 2.24) is 14.9 Å². The summed E-state index contributed by atoms with van der Waals surface area (Å²) in [6.07, 6.45) is 5.48. The molecule has 4 rings (SSSR count). The second-order valence-electron chi connectivity index (χ2n) is 6.65. The molecule has 0 saturated carbocycles. The van der Waals surface area contributed by atoms with Crippen molar-refractivity contribution in [2.24, 2.45) is 5.92 Å². The molecule has 0 bridgehead atoms. The molecule has 118 valence electrons. The predicted molar refractivity (Wildman–Crippen MR) is 92.9 cm³/mol. The van der Waals surface area contributed by atoms with Gasteiger partial charge in [-0.05, 0) is 37.3 Å². The number of aromatic nitrogens is 2. The molecule has 1 aliphatic heterocycles. The van der Waals surface area contributed by atoms with E-state index in [-0.39, 0.29) is 0 Å². The summed E-state index contributed by atoms with van der Waals surface area (Å²) < 4.78 is 0. The van der Waals surface area contributed by atoms with Gasteiger partial charge in [-0.25, -0.2) is 9.97 Å². The van der Waals surface area contributed by atoms with Crippen molar-refractivity contribution in [1.29, 1.82) is 0 Å². The molecular formula is C17H24N4S. The molecule has 0 N–H and O–H groups in total. The van der Waals surface area contributed by atoms with E-state index in [4.69, 9.17) is 0 Å². The minimum atomic E-state index is 0.810. The van der Waals surface area contributed by atoms with Crippen LogP contribution in [0.25, 0.3) is 10.2 Å². The maximum absolute atomic E-state index is 4.68. The number of piperazine rings is 1. The van der Waals surface area contributed by atoms with E-state index >= 15 is 0 Å². The summed E-state index contributed by atoms with van der Waals surface area (Å²) in [6, 6.07) is 0. The van der Waals surface area contributed by atoms with Crippen LogP contribution < -0.4 is 4.90 Å². The molecule has 0 radical (unpaired) electrons. The summed E-state index contributed by atoms with van der Waals surface area (Å²) in [5.74, 6) is 2.00. The average molecular weight is 316 g/mol. The van der Waals surface area contributed by atoms with Gasteiger partial charge >= 0.3 is 0 Å². The first-order valence-corrected chi connectivity index (χ1v) is 9.30. The normalized spacial score (nSPS) is 23.0. The standard InChI is InChI=1S/C17H24N4S/c1-3-20-6-8-21(9-7-20)16-15-13-5-4-12(2)10-14(13)22-17(15)19-11-18-16/h11-12H,3-10H2,1-2H3/t12-/m0/s1. The monoisotopic (exact) mass is 316 g/mol. The molecule has 0 unspecified atom stereocenters. The molecule has 1 saturated heterocycles. The Hall–Kier alpha value is -1.20. The Morgan fingerprint density at radius 3 is 2.82 bits per heavy atom. The van der Waals surface area contributed by atoms with E-state index < -0.39 is 0 Å². The van der Waals surface area contributed by atoms with Gasteiger partial charge in [0.1, 0.15) is 17.0 Å². The Morgan fingerprint density at radius 1 is 1.23 bits per heavy atom. The third-order valence-corrected chi connectivity index (χ3v) is 6.35. The fraction of sp³-hybridized carbons (Fsp3) is 0.647. The van der Waals surface area contributed by atoms with Crippen LogP contribution in [0, 0.1) is 5.92 Å². The Morgan fingerprint density at radius 2 is 2.05 bits per heavy atom. The Balaban J connectivity index is 1.72. The Labute approximate surface area is 136 Å². The number of thiophene rings is 1. The zero-order valence-electron chi connectivity index (χ0n) is 13.5. The Bertz CT molecular complexity index is 673. The highest BCUT2D eigenvalue weighted by Crippen LogP contribution is 2.40. The number of nitrogens with zero attached hydrogens (tertiary/aromatic N) is 4. The largest absolute Gasteiger partial charge is 0.353 e. The van der Waals surface area contributed by atoms with Crippen molar-refractivity contribution in [3.63, 3.8) is 0 Å². The van der Waals surface area contributed by atoms with Crippen LogP contribution in [0.4, 0.5) is 5.82 Å². The van der Waals surface area contributed by atoms with Crippen LogP contribution >= 0.6 is 11.3 Å². The minimum Gasteiger partial charge on any atom is -0.353 e. The van der Waals surface area contributed by atoms with Crippen LogP contribution in [-0.2, 0) is 12.8 Å². The number of fused-ring (bicyclic) bond motifs is 3. The summed E-state index contributed by atoms with van der Waals surface area (Å²) in [4.78, 5) is 17.0. The number of hydrogen-bond donors (Lipinski definition) is 0. The molecule has 2 aromatic heterocycles. The van der Waals surface area contributed by atoms with Crippen LogP contribution in [0.3, 0.4) is 0 Å². The molecule has 0 amide bonds. The lowest BCUT2D eigenvalue weighted by Gasteiger charge is -2.35. The van der Waals surface area contributed by atoms with Gasteiger partial charge in [0.05, 0.1) is 5.39 Å². The first-order chi connectivity index (χ1) is 10.8. The third kappa shape index (κ3) is 2.40. The van der Waals surface area contributed by atoms with Crippen molar-refractivity contribution >= 4 is 27.4 Å². The maximum atomic E-state index is 4.68. The lowest BCUT2D eigenvalue weighted by atomic mass is 9.89. The topological polar surface area (TPSA) is 32.3 Å². The molecular weight excluding hydrogens is 292 g/mol. The minimum absolute atomic E-state index is 0.810. The number of likely N-dealkylation sites (N-methyl/N-ethyl adjacent to an activating group) is 1. The number of rotatable bonds is 2. The van der Waals surface area contributed by atoms with E-state index in [1.165, 1.54) is 35.3 Å². The van der Waals surface area contributed by atoms with Crippen molar-refractivity contribution in [2.45, 2.75) is 33.1 Å². The van der Waals surface area contributed by atoms with Crippen LogP contribution in [-0.4, -0.2) is 47.6 Å². The highest BCUT2D eigenvalue weighted by molar-refractivity contribution is 7.19. The first kappa shape index (κ1) is 14.4. The van der Waals surface area contributed by atoms with Gasteiger partial charge < -0.3 is 9.80 Å². The number of hydrogen-bond acceptors (Lipinski definition) is 5. The SMILES string of the molecule is CCN1CCN(c2ncnc3sc4c(c23)CC[C@H](C)C4)CC1. The van der Waals surface area contributed by atoms with Crippen molar-refractivity contribution in [3.8, 4) is 0 Å². The van der Waals surface area contributed by atoms with Crippen molar-refractivity contribution in [2.75, 3.05) is 37.6 Å². The van der Waals surface area contributed by atoms with E-state index in [0.717, 1.165) is 38.6 Å². The highest BCUT2D eigenvalue weighted by atomic mass is 32.1. The van der Waals surface area contributed by atoms with Gasteiger partial charge in [0.15, 0.2) is 0 Å². The van der Waals surface area contributed by atoms with Gasteiger partial charge in [0, 0.05) is 31.1 Å². The third-order valence-electron chi connectivity index (χ3n) is 5.19. The van der Waals surface area contributed by atoms with Gasteiger partial charge in [-0.3, -0.25) is 0 Å². The van der Waals surface area contributed by atoms with Gasteiger partial charge in [0.2, 0.25) is 0 Å². The van der Waals surface area contributed by atoms with Crippen LogP contribution in [0.1, 0.15) is 30.7 Å². The van der Waals surface area contributed by atoms with Gasteiger partial charge in [-0.2, -0.15) is 0 Å². The van der Waals surface area contributed by atoms with Crippen molar-refractivity contribution in [3.05, 3.63) is 16.8 Å². The van der Waals surface area contributed by atoms with E-state index in [1.807, 2.05) is 11.3 Å². The van der Waals surface area contributed by atoms with Crippen LogP contribution in [0.15, 0.2) is 6.33 Å². The summed E-state index contributed by atoms with van der Waals surface area (Å²) in [7, 11) is 0. The van der Waals surface area contributed by atoms with E-state index in [0.29, 0.717) is 0 Å². The van der Waals surface area contributed by atoms with E-state index in [1.54, 1.807) is 16.8 Å². The quantitative estimate of drug-likeness (QED) is 0.853. The molecule has 0 spiro atoms. The molecule has 3 heterocycles. The van der Waals surface area contributed by atoms with E-state index in [9.17, 15) is 0 Å². The average Bonchev–Trinajstić information content (AvgIpc) is 2.92. The zero-order valence-corrected chi connectivity index (χ0v) is 14.3. The Kier molecular flexibility index (Phi) is 3.78. The van der Waals surface area contributed by atoms with E-state index in [2.05, 4.69) is 33.6 Å². The fourth-order valence-electron chi connectivity index (χ4n) is 3.77. The summed E-state index contributed by atoms with van der Waals surface area (Å²) in [6.45, 7) is 10.2. The summed E-state index contributed by atoms with van der Waals surface area (Å²) in [5.41, 5.74) is 1.55. The molecule has 4 nitrogen and oxygen atoms in total. The van der Waals surface area contributed by atoms with Crippen LogP contribution in [0.5, 0.6) is 0 Å². The predicted octanol–water partition coefficient (Wildman–Crippen LogP) is 2.96. The second-order valence-corrected chi connectivity index (χ2v) is 7.73. The van der Waals surface area contributed by atoms with Crippen LogP contribution in [0.2, 0.25) is 0 Å². The molecule has 2 aliphatic rings. The highest BCUT2D eigenvalue weighted by Gasteiger charge is 2.26. The lowest BCUT2D eigenvalue weighted by Crippen LogP contribution is -2.46. The lowest BCUT2D eigenvalue weighted by molar-refractivity contribution is 0.271. The first-order valence-electron chi connectivity index (χ1n) is 8.48. The zero-order chi connectivity index (χ0) is 15.1. The molecule has 5 heteroatoms. The summed E-state index contributed by atoms with van der Waals surface area (Å²) >= 11 is 1.90. The fourth-order valence-corrected chi connectivity index (χ4v) is 5.12. The summed E-state index contributed by atoms with van der Waals surface area (Å²) in [5, 5.41) is 1.36. The molecule has 2 aromatic rings. The molecule has 0 aromatic carbocycles. The number of aryl methyl sites for hydroxylation is 1. The smallest absolute Gasteiger partial charge is 0.141 e. The molecule has 1 fully saturated rings. The second kappa shape index (κ2) is 5.78. The number of anilines is 1. The van der Waals surface area contributed by atoms with Gasteiger partial charge in [0.25, 0.3) is 0 Å². The molecule has 22 heavy (non-hydrogen) atoms. The van der Waals surface area contributed by atoms with Gasteiger partial charge in [-0.15, -0.1) is 11.3 Å². The molecule has 1 atom stereocenters. The van der Waals surface area contributed by atoms with Crippen molar-refractivity contribution < 1.29 is 0 Å². The molecule has 1 aliphatic carbocycles. The maximum Gasteiger partial charge on any atom is 0.141 e. The van der Waals surface area contributed by atoms with Gasteiger partial charge in [-0.1, -0.05) is 13.8 Å².